The zero-order chi connectivity index (χ0) is 20.4. The maximum absolute atomic E-state index is 12.4. The molecule has 1 aromatic carbocycles. The van der Waals surface area contributed by atoms with Gasteiger partial charge in [0.15, 0.2) is 0 Å². The highest BCUT2D eigenvalue weighted by molar-refractivity contribution is 9.10. The molecule has 9 heteroatoms. The summed E-state index contributed by atoms with van der Waals surface area (Å²) in [6.07, 6.45) is 1.15. The normalized spacial score (nSPS) is 15.8. The lowest BCUT2D eigenvalue weighted by molar-refractivity contribution is -0.149. The van der Waals surface area contributed by atoms with Gasteiger partial charge in [-0.2, -0.15) is 0 Å². The second-order valence-corrected chi connectivity index (χ2v) is 8.39. The number of nitrogens with zero attached hydrogens (tertiary/aromatic N) is 1. The first kappa shape index (κ1) is 20.7. The molecule has 2 amide bonds. The van der Waals surface area contributed by atoms with Gasteiger partial charge in [-0.05, 0) is 65.8 Å². The quantitative estimate of drug-likeness (QED) is 0.420. The van der Waals surface area contributed by atoms with Gasteiger partial charge in [0.1, 0.15) is 18.1 Å². The van der Waals surface area contributed by atoms with Crippen LogP contribution in [0, 0.1) is 0 Å². The molecule has 0 spiro atoms. The monoisotopic (exact) mass is 483 g/mol. The van der Waals surface area contributed by atoms with Gasteiger partial charge in [0.25, 0.3) is 11.1 Å². The van der Waals surface area contributed by atoms with Crippen molar-refractivity contribution in [2.75, 3.05) is 6.54 Å². The van der Waals surface area contributed by atoms with Crippen molar-refractivity contribution in [3.05, 3.63) is 50.5 Å². The third-order valence-electron chi connectivity index (χ3n) is 3.63. The molecule has 0 atom stereocenters. The largest absolute Gasteiger partial charge is 0.462 e. The first-order valence-electron chi connectivity index (χ1n) is 8.24. The number of furan rings is 1. The second-order valence-electron chi connectivity index (χ2n) is 6.14. The van der Waals surface area contributed by atoms with Crippen LogP contribution in [0.4, 0.5) is 4.79 Å². The van der Waals surface area contributed by atoms with Crippen LogP contribution in [-0.4, -0.2) is 34.7 Å². The molecule has 0 bridgehead atoms. The SMILES string of the molecule is CC(C)OC(=O)CN1C(=O)S/C(=C/c2ccc(-c3ccc(Br)c(Cl)c3)o2)C1=O. The van der Waals surface area contributed by atoms with E-state index < -0.39 is 23.7 Å². The lowest BCUT2D eigenvalue weighted by atomic mass is 10.2. The molecule has 6 nitrogen and oxygen atoms in total. The predicted molar refractivity (Wildman–Crippen MR) is 111 cm³/mol. The van der Waals surface area contributed by atoms with Crippen LogP contribution in [0.15, 0.2) is 44.1 Å². The fourth-order valence-corrected chi connectivity index (χ4v) is 3.68. The summed E-state index contributed by atoms with van der Waals surface area (Å²) in [5.74, 6) is -0.212. The maximum atomic E-state index is 12.4. The van der Waals surface area contributed by atoms with Crippen LogP contribution in [-0.2, 0) is 14.3 Å². The Kier molecular flexibility index (Phi) is 6.32. The molecule has 0 radical (unpaired) electrons. The molecule has 1 saturated heterocycles. The van der Waals surface area contributed by atoms with E-state index in [9.17, 15) is 14.4 Å². The number of esters is 1. The number of ether oxygens (including phenoxy) is 1. The summed E-state index contributed by atoms with van der Waals surface area (Å²) in [4.78, 5) is 37.3. The third kappa shape index (κ3) is 4.68. The first-order valence-corrected chi connectivity index (χ1v) is 10.2. The smallest absolute Gasteiger partial charge is 0.326 e. The minimum atomic E-state index is -0.633. The molecule has 1 aliphatic rings. The number of amides is 2. The summed E-state index contributed by atoms with van der Waals surface area (Å²) in [5.41, 5.74) is 0.775. The van der Waals surface area contributed by atoms with Crippen LogP contribution >= 0.6 is 39.3 Å². The Morgan fingerprint density at radius 3 is 2.75 bits per heavy atom. The number of halogens is 2. The van der Waals surface area contributed by atoms with Crippen molar-refractivity contribution in [2.24, 2.45) is 0 Å². The molecule has 3 rings (SSSR count). The van der Waals surface area contributed by atoms with Crippen molar-refractivity contribution in [2.45, 2.75) is 20.0 Å². The summed E-state index contributed by atoms with van der Waals surface area (Å²) in [6.45, 7) is 2.97. The van der Waals surface area contributed by atoms with Crippen molar-refractivity contribution < 1.29 is 23.5 Å². The highest BCUT2D eigenvalue weighted by Gasteiger charge is 2.37. The van der Waals surface area contributed by atoms with Crippen LogP contribution in [0.3, 0.4) is 0 Å². The molecule has 2 heterocycles. The van der Waals surface area contributed by atoms with Crippen molar-refractivity contribution in [3.63, 3.8) is 0 Å². The van der Waals surface area contributed by atoms with E-state index in [1.807, 2.05) is 12.1 Å². The minimum Gasteiger partial charge on any atom is -0.462 e. The van der Waals surface area contributed by atoms with E-state index in [1.165, 1.54) is 6.08 Å². The number of rotatable bonds is 5. The van der Waals surface area contributed by atoms with E-state index in [2.05, 4.69) is 15.9 Å². The highest BCUT2D eigenvalue weighted by atomic mass is 79.9. The molecule has 0 saturated carbocycles. The van der Waals surface area contributed by atoms with E-state index in [0.29, 0.717) is 16.5 Å². The summed E-state index contributed by atoms with van der Waals surface area (Å²) in [6, 6.07) is 8.83. The number of benzene rings is 1. The fourth-order valence-electron chi connectivity index (χ4n) is 2.43. The van der Waals surface area contributed by atoms with Crippen molar-refractivity contribution >= 4 is 62.5 Å². The third-order valence-corrected chi connectivity index (χ3v) is 5.77. The Balaban J connectivity index is 1.76. The van der Waals surface area contributed by atoms with Crippen molar-refractivity contribution in [1.82, 2.24) is 4.90 Å². The van der Waals surface area contributed by atoms with Crippen LogP contribution in [0.1, 0.15) is 19.6 Å². The molecular formula is C19H15BrClNO5S. The van der Waals surface area contributed by atoms with Gasteiger partial charge in [-0.1, -0.05) is 17.7 Å². The minimum absolute atomic E-state index is 0.178. The lowest BCUT2D eigenvalue weighted by Gasteiger charge is -2.13. The van der Waals surface area contributed by atoms with Crippen molar-refractivity contribution in [1.29, 1.82) is 0 Å². The van der Waals surface area contributed by atoms with Gasteiger partial charge in [-0.25, -0.2) is 0 Å². The first-order chi connectivity index (χ1) is 13.2. The summed E-state index contributed by atoms with van der Waals surface area (Å²) >= 11 is 10.2. The van der Waals surface area contributed by atoms with E-state index in [1.54, 1.807) is 32.0 Å². The van der Waals surface area contributed by atoms with Crippen LogP contribution < -0.4 is 0 Å². The topological polar surface area (TPSA) is 76.8 Å². The molecule has 146 valence electrons. The molecule has 1 aromatic heterocycles. The molecular weight excluding hydrogens is 470 g/mol. The number of thioether (sulfide) groups is 1. The van der Waals surface area contributed by atoms with Crippen molar-refractivity contribution in [3.8, 4) is 11.3 Å². The second kappa shape index (κ2) is 8.55. The van der Waals surface area contributed by atoms with Crippen LogP contribution in [0.25, 0.3) is 17.4 Å². The van der Waals surface area contributed by atoms with Gasteiger partial charge in [0, 0.05) is 16.1 Å². The summed E-state index contributed by atoms with van der Waals surface area (Å²) in [7, 11) is 0. The van der Waals surface area contributed by atoms with Crippen LogP contribution in [0.2, 0.25) is 5.02 Å². The zero-order valence-corrected chi connectivity index (χ0v) is 18.1. The molecule has 0 unspecified atom stereocenters. The molecule has 0 N–H and O–H groups in total. The number of imide groups is 1. The summed E-state index contributed by atoms with van der Waals surface area (Å²) in [5, 5.41) is 0.0216. The molecule has 0 aliphatic carbocycles. The number of hydrogen-bond acceptors (Lipinski definition) is 6. The maximum Gasteiger partial charge on any atom is 0.326 e. The standard InChI is InChI=1S/C19H15BrClNO5S/c1-10(2)26-17(23)9-22-18(24)16(28-19(22)25)8-12-4-6-15(27-12)11-3-5-13(20)14(21)7-11/h3-8,10H,9H2,1-2H3/b16-8+. The Labute approximate surface area is 179 Å². The van der Waals surface area contributed by atoms with E-state index in [-0.39, 0.29) is 11.0 Å². The number of hydrogen-bond donors (Lipinski definition) is 0. The van der Waals surface area contributed by atoms with Crippen LogP contribution in [0.5, 0.6) is 0 Å². The van der Waals surface area contributed by atoms with E-state index >= 15 is 0 Å². The molecule has 2 aromatic rings. The van der Waals surface area contributed by atoms with Gasteiger partial charge in [0.2, 0.25) is 0 Å². The van der Waals surface area contributed by atoms with Gasteiger partial charge in [-0.3, -0.25) is 19.3 Å². The van der Waals surface area contributed by atoms with Gasteiger partial charge in [0.05, 0.1) is 16.0 Å². The average Bonchev–Trinajstić information content (AvgIpc) is 3.17. The number of carbonyl (C=O) groups excluding carboxylic acids is 3. The Morgan fingerprint density at radius 2 is 2.07 bits per heavy atom. The highest BCUT2D eigenvalue weighted by Crippen LogP contribution is 2.34. The average molecular weight is 485 g/mol. The fraction of sp³-hybridized carbons (Fsp3) is 0.211. The van der Waals surface area contributed by atoms with E-state index in [0.717, 1.165) is 26.7 Å². The summed E-state index contributed by atoms with van der Waals surface area (Å²) < 4.78 is 11.5. The molecule has 1 aliphatic heterocycles. The predicted octanol–water partition coefficient (Wildman–Crippen LogP) is 5.35. The Bertz CT molecular complexity index is 984. The lowest BCUT2D eigenvalue weighted by Crippen LogP contribution is -2.35. The van der Waals surface area contributed by atoms with Gasteiger partial charge in [-0.15, -0.1) is 0 Å². The Morgan fingerprint density at radius 1 is 1.32 bits per heavy atom. The van der Waals surface area contributed by atoms with Gasteiger partial charge >= 0.3 is 5.97 Å². The molecule has 28 heavy (non-hydrogen) atoms. The Hall–Kier alpha value is -2.03. The molecule has 1 fully saturated rings. The van der Waals surface area contributed by atoms with Gasteiger partial charge < -0.3 is 9.15 Å². The number of carbonyl (C=O) groups is 3. The zero-order valence-electron chi connectivity index (χ0n) is 14.9. The van der Waals surface area contributed by atoms with E-state index in [4.69, 9.17) is 20.8 Å².